The minimum absolute atomic E-state index is 0. The number of pyridine rings is 1. The Kier molecular flexibility index (Phi) is 8.72. The topological polar surface area (TPSA) is 98.5 Å². The number of aromatic nitrogens is 4. The van der Waals surface area contributed by atoms with Crippen molar-refractivity contribution in [3.05, 3.63) is 36.2 Å². The summed E-state index contributed by atoms with van der Waals surface area (Å²) in [6, 6.07) is 3.99. The van der Waals surface area contributed by atoms with Crippen LogP contribution in [0.2, 0.25) is 0 Å². The predicted molar refractivity (Wildman–Crippen MR) is 112 cm³/mol. The van der Waals surface area contributed by atoms with Gasteiger partial charge in [0.15, 0.2) is 11.8 Å². The van der Waals surface area contributed by atoms with E-state index < -0.39 is 0 Å². The minimum Gasteiger partial charge on any atom is -0.490 e. The van der Waals surface area contributed by atoms with Gasteiger partial charge in [-0.15, -0.1) is 24.0 Å². The third kappa shape index (κ3) is 6.31. The van der Waals surface area contributed by atoms with Crippen LogP contribution >= 0.6 is 24.0 Å². The number of hydrogen-bond acceptors (Lipinski definition) is 6. The number of aryl methyl sites for hydroxylation is 1. The number of guanidine groups is 1. The zero-order chi connectivity index (χ0) is 18.2. The first-order valence-corrected chi connectivity index (χ1v) is 8.70. The molecule has 27 heavy (non-hydrogen) atoms. The number of rotatable bonds is 7. The van der Waals surface area contributed by atoms with Gasteiger partial charge in [0, 0.05) is 32.8 Å². The highest BCUT2D eigenvalue weighted by Gasteiger charge is 2.22. The van der Waals surface area contributed by atoms with Gasteiger partial charge in [0.2, 0.25) is 0 Å². The van der Waals surface area contributed by atoms with Gasteiger partial charge in [-0.05, 0) is 18.6 Å². The van der Waals surface area contributed by atoms with Gasteiger partial charge in [-0.2, -0.15) is 5.10 Å². The Morgan fingerprint density at radius 2 is 2.33 bits per heavy atom. The second-order valence-corrected chi connectivity index (χ2v) is 5.98. The lowest BCUT2D eigenvalue weighted by Gasteiger charge is -2.25. The SMILES string of the molecule is CN=C(NCCOc1cccnc1)NC1CCc2nc(COC)nn2C1.I. The molecule has 10 heteroatoms. The molecule has 1 aliphatic heterocycles. The largest absolute Gasteiger partial charge is 0.490 e. The molecule has 0 fully saturated rings. The van der Waals surface area contributed by atoms with E-state index in [0.29, 0.717) is 19.8 Å². The second-order valence-electron chi connectivity index (χ2n) is 5.98. The molecule has 0 saturated carbocycles. The van der Waals surface area contributed by atoms with Crippen LogP contribution in [0.5, 0.6) is 5.75 Å². The van der Waals surface area contributed by atoms with Crippen LogP contribution in [0, 0.1) is 0 Å². The van der Waals surface area contributed by atoms with E-state index in [1.54, 1.807) is 26.6 Å². The van der Waals surface area contributed by atoms with Crippen LogP contribution in [0.25, 0.3) is 0 Å². The molecule has 0 aromatic carbocycles. The molecule has 2 aromatic rings. The molecule has 1 unspecified atom stereocenters. The number of nitrogens with one attached hydrogen (secondary N) is 2. The highest BCUT2D eigenvalue weighted by Crippen LogP contribution is 2.13. The number of nitrogens with zero attached hydrogens (tertiary/aromatic N) is 5. The fourth-order valence-corrected chi connectivity index (χ4v) is 2.83. The Hall–Kier alpha value is -1.95. The normalized spacial score (nSPS) is 16.2. The van der Waals surface area contributed by atoms with Gasteiger partial charge in [-0.25, -0.2) is 9.67 Å². The standard InChI is InChI=1S/C17H25N7O2.HI/c1-18-17(20-8-9-26-14-4-3-7-19-10-14)21-13-5-6-16-22-15(12-25-2)23-24(16)11-13;/h3-4,7,10,13H,5-6,8-9,11-12H2,1-2H3,(H2,18,20,21);1H. The molecule has 1 aliphatic rings. The lowest BCUT2D eigenvalue weighted by atomic mass is 10.1. The Morgan fingerprint density at radius 3 is 3.07 bits per heavy atom. The van der Waals surface area contributed by atoms with E-state index >= 15 is 0 Å². The zero-order valence-electron chi connectivity index (χ0n) is 15.6. The van der Waals surface area contributed by atoms with Crippen LogP contribution in [0.3, 0.4) is 0 Å². The average Bonchev–Trinajstić information content (AvgIpc) is 3.07. The molecule has 0 saturated heterocycles. The van der Waals surface area contributed by atoms with Gasteiger partial charge in [-0.1, -0.05) is 0 Å². The molecule has 2 N–H and O–H groups in total. The van der Waals surface area contributed by atoms with Crippen molar-refractivity contribution in [1.29, 1.82) is 0 Å². The molecule has 0 amide bonds. The molecule has 9 nitrogen and oxygen atoms in total. The summed E-state index contributed by atoms with van der Waals surface area (Å²) in [5.41, 5.74) is 0. The van der Waals surface area contributed by atoms with E-state index in [9.17, 15) is 0 Å². The fraction of sp³-hybridized carbons (Fsp3) is 0.529. The number of fused-ring (bicyclic) bond motifs is 1. The van der Waals surface area contributed by atoms with Gasteiger partial charge in [0.1, 0.15) is 24.8 Å². The summed E-state index contributed by atoms with van der Waals surface area (Å²) in [5.74, 6) is 3.27. The van der Waals surface area contributed by atoms with E-state index in [4.69, 9.17) is 9.47 Å². The monoisotopic (exact) mass is 487 g/mol. The van der Waals surface area contributed by atoms with Crippen molar-refractivity contribution in [1.82, 2.24) is 30.4 Å². The predicted octanol–water partition coefficient (Wildman–Crippen LogP) is 0.996. The molecule has 1 atom stereocenters. The maximum absolute atomic E-state index is 5.62. The molecular weight excluding hydrogens is 461 g/mol. The van der Waals surface area contributed by atoms with Gasteiger partial charge in [0.25, 0.3) is 0 Å². The second kappa shape index (κ2) is 11.0. The highest BCUT2D eigenvalue weighted by atomic mass is 127. The molecule has 3 heterocycles. The van der Waals surface area contributed by atoms with Gasteiger partial charge in [0.05, 0.1) is 19.3 Å². The first kappa shape index (κ1) is 21.4. The van der Waals surface area contributed by atoms with Crippen LogP contribution in [-0.2, 0) is 24.3 Å². The molecule has 0 aliphatic carbocycles. The third-order valence-electron chi connectivity index (χ3n) is 4.04. The average molecular weight is 487 g/mol. The minimum atomic E-state index is 0. The fourth-order valence-electron chi connectivity index (χ4n) is 2.83. The van der Waals surface area contributed by atoms with E-state index in [2.05, 4.69) is 30.7 Å². The zero-order valence-corrected chi connectivity index (χ0v) is 17.9. The summed E-state index contributed by atoms with van der Waals surface area (Å²) in [4.78, 5) is 12.8. The number of halogens is 1. The molecule has 0 bridgehead atoms. The quantitative estimate of drug-likeness (QED) is 0.260. The van der Waals surface area contributed by atoms with E-state index in [-0.39, 0.29) is 30.0 Å². The Bertz CT molecular complexity index is 723. The van der Waals surface area contributed by atoms with Gasteiger partial charge in [-0.3, -0.25) is 9.98 Å². The first-order chi connectivity index (χ1) is 12.8. The van der Waals surface area contributed by atoms with Crippen LogP contribution in [0.4, 0.5) is 0 Å². The molecule has 148 valence electrons. The Morgan fingerprint density at radius 1 is 1.44 bits per heavy atom. The van der Waals surface area contributed by atoms with Crippen molar-refractivity contribution in [3.63, 3.8) is 0 Å². The van der Waals surface area contributed by atoms with E-state index in [1.165, 1.54) is 0 Å². The van der Waals surface area contributed by atoms with Crippen molar-refractivity contribution >= 4 is 29.9 Å². The molecule has 3 rings (SSSR count). The molecule has 0 spiro atoms. The first-order valence-electron chi connectivity index (χ1n) is 8.70. The molecule has 0 radical (unpaired) electrons. The number of ether oxygens (including phenoxy) is 2. The highest BCUT2D eigenvalue weighted by molar-refractivity contribution is 14.0. The summed E-state index contributed by atoms with van der Waals surface area (Å²) in [6.45, 7) is 2.38. The van der Waals surface area contributed by atoms with Crippen LogP contribution < -0.4 is 15.4 Å². The maximum Gasteiger partial charge on any atom is 0.191 e. The lowest BCUT2D eigenvalue weighted by Crippen LogP contribution is -2.47. The summed E-state index contributed by atoms with van der Waals surface area (Å²) in [6.07, 6.45) is 5.29. The summed E-state index contributed by atoms with van der Waals surface area (Å²) < 4.78 is 12.7. The van der Waals surface area contributed by atoms with E-state index in [1.807, 2.05) is 16.8 Å². The summed E-state index contributed by atoms with van der Waals surface area (Å²) >= 11 is 0. The number of hydrogen-bond donors (Lipinski definition) is 2. The smallest absolute Gasteiger partial charge is 0.191 e. The van der Waals surface area contributed by atoms with Crippen LogP contribution in [-0.4, -0.2) is 59.1 Å². The van der Waals surface area contributed by atoms with Crippen molar-refractivity contribution in [3.8, 4) is 5.75 Å². The molecule has 2 aromatic heterocycles. The summed E-state index contributed by atoms with van der Waals surface area (Å²) in [5, 5.41) is 11.2. The molecular formula is C17H26IN7O2. The van der Waals surface area contributed by atoms with Gasteiger partial charge < -0.3 is 20.1 Å². The third-order valence-corrected chi connectivity index (χ3v) is 4.04. The van der Waals surface area contributed by atoms with Crippen LogP contribution in [0.1, 0.15) is 18.1 Å². The Labute approximate surface area is 176 Å². The van der Waals surface area contributed by atoms with Crippen molar-refractivity contribution < 1.29 is 9.47 Å². The lowest BCUT2D eigenvalue weighted by molar-refractivity contribution is 0.177. The van der Waals surface area contributed by atoms with Crippen LogP contribution in [0.15, 0.2) is 29.5 Å². The maximum atomic E-state index is 5.62. The van der Waals surface area contributed by atoms with Crippen molar-refractivity contribution in [2.75, 3.05) is 27.3 Å². The van der Waals surface area contributed by atoms with Gasteiger partial charge >= 0.3 is 0 Å². The number of aliphatic imine (C=N–C) groups is 1. The van der Waals surface area contributed by atoms with Crippen molar-refractivity contribution in [2.24, 2.45) is 4.99 Å². The summed E-state index contributed by atoms with van der Waals surface area (Å²) in [7, 11) is 3.41. The Balaban J connectivity index is 0.00000261. The number of methoxy groups -OCH3 is 1. The van der Waals surface area contributed by atoms with E-state index in [0.717, 1.165) is 42.7 Å². The van der Waals surface area contributed by atoms with Crippen molar-refractivity contribution in [2.45, 2.75) is 32.0 Å².